The molecule has 3 saturated heterocycles. The molecule has 230 valence electrons. The van der Waals surface area contributed by atoms with E-state index >= 15 is 0 Å². The van der Waals surface area contributed by atoms with Gasteiger partial charge < -0.3 is 19.6 Å². The molecule has 6 atom stereocenters. The van der Waals surface area contributed by atoms with Gasteiger partial charge in [0.25, 0.3) is 5.91 Å². The lowest BCUT2D eigenvalue weighted by atomic mass is 9.71. The van der Waals surface area contributed by atoms with Crippen LogP contribution in [0.4, 0.5) is 5.69 Å². The highest BCUT2D eigenvalue weighted by Gasteiger charge is 2.76. The molecule has 3 aliphatic rings. The molecule has 9 heteroatoms. The number of alkyl halides is 1. The molecule has 1 spiro atoms. The number of esters is 1. The van der Waals surface area contributed by atoms with E-state index < -0.39 is 22.6 Å². The van der Waals surface area contributed by atoms with Crippen molar-refractivity contribution in [2.45, 2.75) is 65.8 Å². The van der Waals surface area contributed by atoms with E-state index in [2.05, 4.69) is 29.1 Å². The molecule has 0 aliphatic carbocycles. The standard InChI is InChI=1S/C34H41BrN2O5S/c1-3-5-12-20-42-33(41)27-28-31(39)37(18-10-6-7-11-19-38)30(34(28)22-26(35)29(27)43-34)32(40)36(17-4-2)25-16-15-23-13-8-9-14-24(23)21-25/h3-4,8-9,13-16,21,26-30,38H,1-2,5-7,10-12,17-20,22H2/t26?,27-,28-,29-,30?,34?/m0/s1. The van der Waals surface area contributed by atoms with Gasteiger partial charge in [0.2, 0.25) is 5.91 Å². The average Bonchev–Trinajstić information content (AvgIpc) is 3.60. The number of unbranched alkanes of at least 4 members (excludes halogenated alkanes) is 4. The van der Waals surface area contributed by atoms with Crippen molar-refractivity contribution in [1.29, 1.82) is 0 Å². The van der Waals surface area contributed by atoms with Gasteiger partial charge in [-0.2, -0.15) is 0 Å². The second-order valence-electron chi connectivity index (χ2n) is 11.7. The number of aliphatic hydroxyl groups excluding tert-OH is 1. The molecule has 1 N–H and O–H groups in total. The lowest BCUT2D eigenvalue weighted by molar-refractivity contribution is -0.154. The summed E-state index contributed by atoms with van der Waals surface area (Å²) in [5.74, 6) is -1.84. The normalized spacial score (nSPS) is 27.3. The lowest BCUT2D eigenvalue weighted by Crippen LogP contribution is -2.55. The molecule has 0 aromatic heterocycles. The van der Waals surface area contributed by atoms with Crippen LogP contribution in [0.2, 0.25) is 0 Å². The van der Waals surface area contributed by atoms with Crippen molar-refractivity contribution in [1.82, 2.24) is 4.90 Å². The van der Waals surface area contributed by atoms with Crippen molar-refractivity contribution < 1.29 is 24.2 Å². The smallest absolute Gasteiger partial charge is 0.310 e. The molecule has 0 saturated carbocycles. The topological polar surface area (TPSA) is 87.1 Å². The fourth-order valence-electron chi connectivity index (χ4n) is 7.11. The molecule has 43 heavy (non-hydrogen) atoms. The molecule has 3 heterocycles. The largest absolute Gasteiger partial charge is 0.465 e. The van der Waals surface area contributed by atoms with Gasteiger partial charge in [-0.15, -0.1) is 24.9 Å². The highest BCUT2D eigenvalue weighted by Crippen LogP contribution is 2.68. The number of thioether (sulfide) groups is 1. The minimum Gasteiger partial charge on any atom is -0.465 e. The molecule has 2 amide bonds. The molecule has 3 unspecified atom stereocenters. The summed E-state index contributed by atoms with van der Waals surface area (Å²) in [4.78, 5) is 46.2. The number of hydrogen-bond acceptors (Lipinski definition) is 6. The molecule has 5 rings (SSSR count). The number of carbonyl (C=O) groups excluding carboxylic acids is 3. The van der Waals surface area contributed by atoms with Crippen molar-refractivity contribution in [2.75, 3.05) is 31.2 Å². The first kappa shape index (κ1) is 31.8. The summed E-state index contributed by atoms with van der Waals surface area (Å²) < 4.78 is 4.97. The second-order valence-corrected chi connectivity index (χ2v) is 14.4. The van der Waals surface area contributed by atoms with Gasteiger partial charge in [-0.3, -0.25) is 14.4 Å². The SMILES string of the molecule is C=CCCCOC(=O)[C@H]1[C@H]2C(=O)N(CCCCCCO)C(C(=O)N(CC=C)c3ccc4ccccc4c3)C23CC(Br)[C@@H]1S3. The van der Waals surface area contributed by atoms with Crippen LogP contribution in [0.1, 0.15) is 44.9 Å². The molecule has 3 fully saturated rings. The van der Waals surface area contributed by atoms with E-state index in [1.165, 1.54) is 0 Å². The van der Waals surface area contributed by atoms with Crippen LogP contribution in [0.15, 0.2) is 67.8 Å². The minimum atomic E-state index is -0.737. The molecular formula is C34H41BrN2O5S. The third-order valence-corrected chi connectivity index (χ3v) is 12.2. The monoisotopic (exact) mass is 668 g/mol. The summed E-state index contributed by atoms with van der Waals surface area (Å²) in [5.41, 5.74) is 0.755. The Bertz CT molecular complexity index is 1370. The zero-order valence-corrected chi connectivity index (χ0v) is 26.9. The van der Waals surface area contributed by atoms with Crippen molar-refractivity contribution in [3.63, 3.8) is 0 Å². The number of allylic oxidation sites excluding steroid dienone is 1. The van der Waals surface area contributed by atoms with Gasteiger partial charge in [0, 0.05) is 35.5 Å². The Morgan fingerprint density at radius 1 is 1.09 bits per heavy atom. The third-order valence-electron chi connectivity index (χ3n) is 9.02. The molecule has 7 nitrogen and oxygen atoms in total. The number of halogens is 1. The Morgan fingerprint density at radius 2 is 1.86 bits per heavy atom. The highest BCUT2D eigenvalue weighted by atomic mass is 79.9. The van der Waals surface area contributed by atoms with Gasteiger partial charge in [0.1, 0.15) is 6.04 Å². The van der Waals surface area contributed by atoms with Gasteiger partial charge in [-0.1, -0.05) is 71.3 Å². The Morgan fingerprint density at radius 3 is 2.60 bits per heavy atom. The Labute approximate surface area is 266 Å². The van der Waals surface area contributed by atoms with E-state index in [1.54, 1.807) is 33.7 Å². The summed E-state index contributed by atoms with van der Waals surface area (Å²) in [6, 6.07) is 13.3. The van der Waals surface area contributed by atoms with E-state index in [-0.39, 0.29) is 41.1 Å². The van der Waals surface area contributed by atoms with E-state index in [0.29, 0.717) is 32.4 Å². The van der Waals surface area contributed by atoms with E-state index in [9.17, 15) is 19.5 Å². The number of aliphatic hydroxyl groups is 1. The van der Waals surface area contributed by atoms with Crippen LogP contribution < -0.4 is 4.90 Å². The molecule has 0 radical (unpaired) electrons. The number of hydrogen-bond donors (Lipinski definition) is 1. The van der Waals surface area contributed by atoms with E-state index in [1.807, 2.05) is 42.5 Å². The maximum absolute atomic E-state index is 14.8. The first-order chi connectivity index (χ1) is 20.9. The van der Waals surface area contributed by atoms with Gasteiger partial charge in [0.05, 0.1) is 23.2 Å². The maximum Gasteiger partial charge on any atom is 0.310 e. The zero-order valence-electron chi connectivity index (χ0n) is 24.5. The van der Waals surface area contributed by atoms with Gasteiger partial charge >= 0.3 is 5.97 Å². The maximum atomic E-state index is 14.8. The van der Waals surface area contributed by atoms with Crippen LogP contribution in [0.5, 0.6) is 0 Å². The first-order valence-corrected chi connectivity index (χ1v) is 17.1. The van der Waals surface area contributed by atoms with Gasteiger partial charge in [-0.05, 0) is 55.0 Å². The average molecular weight is 670 g/mol. The number of benzene rings is 2. The van der Waals surface area contributed by atoms with Crippen LogP contribution in [0, 0.1) is 11.8 Å². The molecule has 3 aliphatic heterocycles. The quantitative estimate of drug-likeness (QED) is 0.110. The minimum absolute atomic E-state index is 0.0133. The van der Waals surface area contributed by atoms with E-state index in [4.69, 9.17) is 4.74 Å². The predicted octanol–water partition coefficient (Wildman–Crippen LogP) is 5.89. The molecule has 2 bridgehead atoms. The van der Waals surface area contributed by atoms with Crippen LogP contribution >= 0.6 is 27.7 Å². The van der Waals surface area contributed by atoms with E-state index in [0.717, 1.165) is 42.1 Å². The fraction of sp³-hybridized carbons (Fsp3) is 0.500. The summed E-state index contributed by atoms with van der Waals surface area (Å²) in [6.07, 6.45) is 8.69. The zero-order chi connectivity index (χ0) is 30.6. The predicted molar refractivity (Wildman–Crippen MR) is 176 cm³/mol. The number of anilines is 1. The van der Waals surface area contributed by atoms with Crippen molar-refractivity contribution in [3.05, 3.63) is 67.8 Å². The second kappa shape index (κ2) is 14.0. The Kier molecular flexibility index (Phi) is 10.3. The third kappa shape index (κ3) is 6.05. The summed E-state index contributed by atoms with van der Waals surface area (Å²) in [6.45, 7) is 8.82. The summed E-state index contributed by atoms with van der Waals surface area (Å²) >= 11 is 5.46. The van der Waals surface area contributed by atoms with Crippen LogP contribution in [-0.4, -0.2) is 75.0 Å². The number of amides is 2. The van der Waals surface area contributed by atoms with Crippen LogP contribution in [-0.2, 0) is 19.1 Å². The fourth-order valence-corrected chi connectivity index (χ4v) is 10.7. The number of fused-ring (bicyclic) bond motifs is 2. The molecule has 2 aromatic rings. The van der Waals surface area contributed by atoms with Crippen molar-refractivity contribution >= 4 is 61.9 Å². The number of rotatable bonds is 15. The molecular weight excluding hydrogens is 628 g/mol. The summed E-state index contributed by atoms with van der Waals surface area (Å²) in [5, 5.41) is 11.2. The number of likely N-dealkylation sites (tertiary alicyclic amines) is 1. The van der Waals surface area contributed by atoms with Crippen LogP contribution in [0.3, 0.4) is 0 Å². The summed E-state index contributed by atoms with van der Waals surface area (Å²) in [7, 11) is 0. The Hall–Kier alpha value is -2.62. The van der Waals surface area contributed by atoms with Crippen molar-refractivity contribution in [3.8, 4) is 0 Å². The van der Waals surface area contributed by atoms with Crippen molar-refractivity contribution in [2.24, 2.45) is 11.8 Å². The highest BCUT2D eigenvalue weighted by molar-refractivity contribution is 9.09. The number of ether oxygens (including phenoxy) is 1. The lowest BCUT2D eigenvalue weighted by Gasteiger charge is -2.38. The van der Waals surface area contributed by atoms with Gasteiger partial charge in [0.15, 0.2) is 0 Å². The first-order valence-electron chi connectivity index (χ1n) is 15.3. The molecule has 2 aromatic carbocycles. The van der Waals surface area contributed by atoms with Crippen LogP contribution in [0.25, 0.3) is 10.8 Å². The number of carbonyl (C=O) groups is 3. The Balaban J connectivity index is 1.50. The van der Waals surface area contributed by atoms with Gasteiger partial charge in [-0.25, -0.2) is 0 Å². The number of nitrogens with zero attached hydrogens (tertiary/aromatic N) is 2.